The van der Waals surface area contributed by atoms with Crippen molar-refractivity contribution in [2.24, 2.45) is 0 Å². The van der Waals surface area contributed by atoms with E-state index in [-0.39, 0.29) is 11.4 Å². The van der Waals surface area contributed by atoms with E-state index in [1.807, 2.05) is 22.6 Å². The summed E-state index contributed by atoms with van der Waals surface area (Å²) in [5.41, 5.74) is 0.653. The second kappa shape index (κ2) is 5.62. The summed E-state index contributed by atoms with van der Waals surface area (Å²) in [7, 11) is 0. The zero-order valence-electron chi connectivity index (χ0n) is 8.95. The van der Waals surface area contributed by atoms with Gasteiger partial charge in [0.1, 0.15) is 5.82 Å². The fraction of sp³-hybridized carbons (Fsp3) is 0. The van der Waals surface area contributed by atoms with E-state index in [0.717, 1.165) is 0 Å². The normalized spacial score (nSPS) is 10.2. The molecule has 1 aromatic heterocycles. The molecule has 92 valence electrons. The maximum absolute atomic E-state index is 13.3. The number of aromatic nitrogens is 1. The Morgan fingerprint density at radius 2 is 2.17 bits per heavy atom. The molecule has 0 aliphatic carbocycles. The average molecular weight is 377 g/mol. The first-order valence-electron chi connectivity index (χ1n) is 4.94. The Balaban J connectivity index is 2.27. The topological polar surface area (TPSA) is 42.0 Å². The molecule has 1 amide bonds. The molecule has 0 radical (unpaired) electrons. The number of halogens is 3. The van der Waals surface area contributed by atoms with Gasteiger partial charge in [0.05, 0.1) is 19.8 Å². The van der Waals surface area contributed by atoms with Crippen LogP contribution in [0.4, 0.5) is 10.1 Å². The van der Waals surface area contributed by atoms with E-state index in [2.05, 4.69) is 10.3 Å². The predicted molar refractivity (Wildman–Crippen MR) is 76.3 cm³/mol. The van der Waals surface area contributed by atoms with Crippen LogP contribution in [-0.2, 0) is 0 Å². The van der Waals surface area contributed by atoms with Gasteiger partial charge in [-0.1, -0.05) is 17.7 Å². The minimum absolute atomic E-state index is 0.249. The Hall–Kier alpha value is -1.21. The summed E-state index contributed by atoms with van der Waals surface area (Å²) in [6.07, 6.45) is 2.86. The summed E-state index contributed by atoms with van der Waals surface area (Å²) in [5.74, 6) is -0.803. The number of pyridine rings is 1. The Morgan fingerprint density at radius 3 is 2.89 bits per heavy atom. The lowest BCUT2D eigenvalue weighted by Gasteiger charge is -2.08. The Labute approximate surface area is 122 Å². The van der Waals surface area contributed by atoms with Crippen LogP contribution in [0.3, 0.4) is 0 Å². The predicted octanol–water partition coefficient (Wildman–Crippen LogP) is 3.73. The lowest BCUT2D eigenvalue weighted by atomic mass is 10.2. The number of carbonyl (C=O) groups is 1. The van der Waals surface area contributed by atoms with Crippen molar-refractivity contribution in [3.63, 3.8) is 0 Å². The van der Waals surface area contributed by atoms with E-state index in [4.69, 9.17) is 11.6 Å². The number of anilines is 1. The number of amides is 1. The summed E-state index contributed by atoms with van der Waals surface area (Å²) in [6.45, 7) is 0. The number of hydrogen-bond acceptors (Lipinski definition) is 2. The van der Waals surface area contributed by atoms with Gasteiger partial charge in [-0.15, -0.1) is 0 Å². The fourth-order valence-electron chi connectivity index (χ4n) is 1.33. The van der Waals surface area contributed by atoms with Crippen molar-refractivity contribution in [1.29, 1.82) is 0 Å². The smallest absolute Gasteiger partial charge is 0.258 e. The molecule has 6 heteroatoms. The van der Waals surface area contributed by atoms with E-state index >= 15 is 0 Å². The van der Waals surface area contributed by atoms with Crippen LogP contribution in [0.15, 0.2) is 36.7 Å². The minimum Gasteiger partial charge on any atom is -0.321 e. The summed E-state index contributed by atoms with van der Waals surface area (Å²) >= 11 is 7.71. The Morgan fingerprint density at radius 1 is 1.39 bits per heavy atom. The van der Waals surface area contributed by atoms with Gasteiger partial charge in [-0.2, -0.15) is 0 Å². The van der Waals surface area contributed by atoms with Crippen LogP contribution in [0.25, 0.3) is 0 Å². The monoisotopic (exact) mass is 376 g/mol. The summed E-state index contributed by atoms with van der Waals surface area (Å²) < 4.78 is 13.7. The zero-order valence-corrected chi connectivity index (χ0v) is 11.9. The van der Waals surface area contributed by atoms with Crippen LogP contribution in [0, 0.1) is 9.39 Å². The maximum atomic E-state index is 13.3. The second-order valence-corrected chi connectivity index (χ2v) is 4.90. The first-order chi connectivity index (χ1) is 8.59. The summed E-state index contributed by atoms with van der Waals surface area (Å²) in [6, 6.07) is 5.99. The number of nitrogens with one attached hydrogen (secondary N) is 1. The Bertz CT molecular complexity index is 606. The van der Waals surface area contributed by atoms with E-state index in [9.17, 15) is 9.18 Å². The molecule has 0 spiro atoms. The molecular formula is C12H7ClFIN2O. The molecule has 0 bridgehead atoms. The number of hydrogen-bond donors (Lipinski definition) is 1. The van der Waals surface area contributed by atoms with Crippen LogP contribution >= 0.6 is 34.2 Å². The highest BCUT2D eigenvalue weighted by Gasteiger charge is 2.13. The second-order valence-electron chi connectivity index (χ2n) is 3.41. The van der Waals surface area contributed by atoms with Gasteiger partial charge in [0, 0.05) is 12.4 Å². The van der Waals surface area contributed by atoms with Crippen molar-refractivity contribution in [3.8, 4) is 0 Å². The zero-order chi connectivity index (χ0) is 13.1. The van der Waals surface area contributed by atoms with Crippen LogP contribution in [0.1, 0.15) is 10.4 Å². The van der Waals surface area contributed by atoms with Crippen LogP contribution in [0.2, 0.25) is 5.02 Å². The van der Waals surface area contributed by atoms with Crippen LogP contribution in [0.5, 0.6) is 0 Å². The molecule has 1 aromatic carbocycles. The van der Waals surface area contributed by atoms with Crippen molar-refractivity contribution in [3.05, 3.63) is 56.6 Å². The first-order valence-corrected chi connectivity index (χ1v) is 6.40. The molecule has 0 fully saturated rings. The molecule has 1 N–H and O–H groups in total. The molecule has 2 rings (SSSR count). The third-order valence-corrected chi connectivity index (χ3v) is 3.64. The van der Waals surface area contributed by atoms with Gasteiger partial charge in [-0.05, 0) is 40.8 Å². The average Bonchev–Trinajstić information content (AvgIpc) is 2.35. The van der Waals surface area contributed by atoms with Crippen molar-refractivity contribution in [1.82, 2.24) is 4.98 Å². The van der Waals surface area contributed by atoms with E-state index < -0.39 is 5.91 Å². The third kappa shape index (κ3) is 2.78. The highest BCUT2D eigenvalue weighted by molar-refractivity contribution is 14.1. The molecular weight excluding hydrogens is 370 g/mol. The number of carbonyl (C=O) groups excluding carboxylic acids is 1. The third-order valence-electron chi connectivity index (χ3n) is 2.21. The molecule has 0 saturated heterocycles. The van der Waals surface area contributed by atoms with Crippen molar-refractivity contribution < 1.29 is 9.18 Å². The molecule has 0 atom stereocenters. The number of rotatable bonds is 2. The van der Waals surface area contributed by atoms with E-state index in [1.54, 1.807) is 6.07 Å². The molecule has 3 nitrogen and oxygen atoms in total. The first kappa shape index (κ1) is 13.2. The maximum Gasteiger partial charge on any atom is 0.258 e. The quantitative estimate of drug-likeness (QED) is 0.812. The number of nitrogens with zero attached hydrogens (tertiary/aromatic N) is 1. The standard InChI is InChI=1S/C12H7ClFIN2O/c13-8-4-5-16-6-7(8)12(18)17-10-3-1-2-9(14)11(10)15/h1-6H,(H,17,18). The summed E-state index contributed by atoms with van der Waals surface area (Å²) in [5, 5.41) is 2.90. The lowest BCUT2D eigenvalue weighted by Crippen LogP contribution is -2.14. The van der Waals surface area contributed by atoms with Gasteiger partial charge in [0.15, 0.2) is 0 Å². The molecule has 18 heavy (non-hydrogen) atoms. The molecule has 0 unspecified atom stereocenters. The molecule has 2 aromatic rings. The van der Waals surface area contributed by atoms with Crippen molar-refractivity contribution in [2.75, 3.05) is 5.32 Å². The van der Waals surface area contributed by atoms with Crippen LogP contribution < -0.4 is 5.32 Å². The van der Waals surface area contributed by atoms with Gasteiger partial charge >= 0.3 is 0 Å². The van der Waals surface area contributed by atoms with Crippen molar-refractivity contribution in [2.45, 2.75) is 0 Å². The highest BCUT2D eigenvalue weighted by atomic mass is 127. The molecule has 0 aliphatic heterocycles. The van der Waals surface area contributed by atoms with Crippen LogP contribution in [-0.4, -0.2) is 10.9 Å². The minimum atomic E-state index is -0.420. The molecule has 0 saturated carbocycles. The van der Waals surface area contributed by atoms with Gasteiger partial charge in [0.25, 0.3) is 5.91 Å². The largest absolute Gasteiger partial charge is 0.321 e. The molecule has 1 heterocycles. The number of benzene rings is 1. The Kier molecular flexibility index (Phi) is 4.13. The molecule has 0 aliphatic rings. The SMILES string of the molecule is O=C(Nc1cccc(F)c1I)c1cnccc1Cl. The van der Waals surface area contributed by atoms with Gasteiger partial charge in [-0.25, -0.2) is 4.39 Å². The van der Waals surface area contributed by atoms with Gasteiger partial charge in [0.2, 0.25) is 0 Å². The van der Waals surface area contributed by atoms with Gasteiger partial charge in [-0.3, -0.25) is 9.78 Å². The van der Waals surface area contributed by atoms with E-state index in [0.29, 0.717) is 14.3 Å². The lowest BCUT2D eigenvalue weighted by molar-refractivity contribution is 0.102. The highest BCUT2D eigenvalue weighted by Crippen LogP contribution is 2.22. The van der Waals surface area contributed by atoms with Crippen molar-refractivity contribution >= 4 is 45.8 Å². The van der Waals surface area contributed by atoms with Gasteiger partial charge < -0.3 is 5.32 Å². The fourth-order valence-corrected chi connectivity index (χ4v) is 2.02. The van der Waals surface area contributed by atoms with E-state index in [1.165, 1.54) is 30.6 Å². The summed E-state index contributed by atoms with van der Waals surface area (Å²) in [4.78, 5) is 15.8.